The highest BCUT2D eigenvalue weighted by molar-refractivity contribution is 5.41. The van der Waals surface area contributed by atoms with Crippen LogP contribution in [0.3, 0.4) is 0 Å². The van der Waals surface area contributed by atoms with Gasteiger partial charge < -0.3 is 20.3 Å². The monoisotopic (exact) mass is 296 g/mol. The summed E-state index contributed by atoms with van der Waals surface area (Å²) in [5.41, 5.74) is 6.32. The van der Waals surface area contributed by atoms with Crippen molar-refractivity contribution in [1.82, 2.24) is 4.90 Å². The molecular formula is C16H28N2O3. The Morgan fingerprint density at radius 1 is 1.19 bits per heavy atom. The van der Waals surface area contributed by atoms with Crippen molar-refractivity contribution in [3.05, 3.63) is 24.3 Å². The van der Waals surface area contributed by atoms with E-state index >= 15 is 0 Å². The van der Waals surface area contributed by atoms with E-state index in [1.54, 1.807) is 31.4 Å². The van der Waals surface area contributed by atoms with Gasteiger partial charge in [0.25, 0.3) is 0 Å². The van der Waals surface area contributed by atoms with Gasteiger partial charge in [-0.1, -0.05) is 13.8 Å². The minimum absolute atomic E-state index is 0.269. The van der Waals surface area contributed by atoms with E-state index in [0.717, 1.165) is 18.8 Å². The molecule has 0 aliphatic heterocycles. The van der Waals surface area contributed by atoms with Crippen molar-refractivity contribution in [3.8, 4) is 5.75 Å². The number of rotatable bonds is 10. The average molecular weight is 296 g/mol. The summed E-state index contributed by atoms with van der Waals surface area (Å²) >= 11 is 0. The molecule has 5 heteroatoms. The molecule has 1 unspecified atom stereocenters. The number of nitrogens with two attached hydrogens (primary N) is 1. The molecule has 0 aliphatic carbocycles. The lowest BCUT2D eigenvalue weighted by Crippen LogP contribution is -2.39. The number of benzene rings is 1. The summed E-state index contributed by atoms with van der Waals surface area (Å²) in [6, 6.07) is 7.18. The van der Waals surface area contributed by atoms with Gasteiger partial charge in [-0.25, -0.2) is 0 Å². The molecule has 1 aromatic carbocycles. The first-order chi connectivity index (χ1) is 10.0. The molecule has 0 aliphatic rings. The Morgan fingerprint density at radius 3 is 2.43 bits per heavy atom. The van der Waals surface area contributed by atoms with Crippen LogP contribution < -0.4 is 10.5 Å². The first-order valence-corrected chi connectivity index (χ1v) is 7.39. The van der Waals surface area contributed by atoms with E-state index in [2.05, 4.69) is 18.7 Å². The van der Waals surface area contributed by atoms with Crippen molar-refractivity contribution in [3.63, 3.8) is 0 Å². The quantitative estimate of drug-likeness (QED) is 0.642. The van der Waals surface area contributed by atoms with Gasteiger partial charge in [0.05, 0.1) is 6.61 Å². The largest absolute Gasteiger partial charge is 0.491 e. The van der Waals surface area contributed by atoms with Gasteiger partial charge in [-0.3, -0.25) is 4.90 Å². The van der Waals surface area contributed by atoms with Crippen LogP contribution in [0.4, 0.5) is 5.69 Å². The predicted molar refractivity (Wildman–Crippen MR) is 85.5 cm³/mol. The van der Waals surface area contributed by atoms with E-state index in [4.69, 9.17) is 15.2 Å². The molecule has 21 heavy (non-hydrogen) atoms. The number of ether oxygens (including phenoxy) is 2. The highest BCUT2D eigenvalue weighted by atomic mass is 16.5. The number of hydrogen-bond acceptors (Lipinski definition) is 5. The van der Waals surface area contributed by atoms with Crippen LogP contribution in [0.1, 0.15) is 13.8 Å². The molecule has 3 N–H and O–H groups in total. The first-order valence-electron chi connectivity index (χ1n) is 7.39. The van der Waals surface area contributed by atoms with Crippen LogP contribution in [0.15, 0.2) is 24.3 Å². The molecule has 0 amide bonds. The maximum absolute atomic E-state index is 10.1. The Balaban J connectivity index is 2.37. The second-order valence-corrected chi connectivity index (χ2v) is 5.68. The zero-order valence-corrected chi connectivity index (χ0v) is 13.3. The number of anilines is 1. The third-order valence-corrected chi connectivity index (χ3v) is 3.03. The Bertz CT molecular complexity index is 382. The second-order valence-electron chi connectivity index (χ2n) is 5.68. The van der Waals surface area contributed by atoms with Gasteiger partial charge in [0.2, 0.25) is 0 Å². The fourth-order valence-electron chi connectivity index (χ4n) is 2.10. The predicted octanol–water partition coefficient (Wildman–Crippen LogP) is 1.61. The topological polar surface area (TPSA) is 68.0 Å². The maximum atomic E-state index is 10.1. The van der Waals surface area contributed by atoms with Crippen molar-refractivity contribution in [1.29, 1.82) is 0 Å². The molecule has 0 fully saturated rings. The lowest BCUT2D eigenvalue weighted by Gasteiger charge is -2.26. The molecule has 1 atom stereocenters. The number of hydrogen-bond donors (Lipinski definition) is 2. The molecule has 5 nitrogen and oxygen atoms in total. The van der Waals surface area contributed by atoms with Crippen LogP contribution in [0.5, 0.6) is 5.75 Å². The fourth-order valence-corrected chi connectivity index (χ4v) is 2.10. The molecule has 0 saturated carbocycles. The molecule has 1 aromatic rings. The van der Waals surface area contributed by atoms with Crippen molar-refractivity contribution >= 4 is 5.69 Å². The van der Waals surface area contributed by atoms with Gasteiger partial charge in [-0.05, 0) is 30.2 Å². The SMILES string of the molecule is COCCN(CC(C)C)CC(O)COc1ccc(N)cc1. The minimum atomic E-state index is -0.529. The van der Waals surface area contributed by atoms with Crippen LogP contribution in [-0.2, 0) is 4.74 Å². The van der Waals surface area contributed by atoms with Gasteiger partial charge in [0.15, 0.2) is 0 Å². The molecule has 0 heterocycles. The summed E-state index contributed by atoms with van der Waals surface area (Å²) < 4.78 is 10.7. The van der Waals surface area contributed by atoms with Gasteiger partial charge in [-0.15, -0.1) is 0 Å². The highest BCUT2D eigenvalue weighted by Crippen LogP contribution is 2.13. The van der Waals surface area contributed by atoms with Crippen LogP contribution in [-0.4, -0.2) is 56.1 Å². The van der Waals surface area contributed by atoms with Crippen molar-refractivity contribution in [2.75, 3.05) is 45.7 Å². The summed E-state index contributed by atoms with van der Waals surface area (Å²) in [7, 11) is 1.69. The van der Waals surface area contributed by atoms with E-state index in [9.17, 15) is 5.11 Å². The van der Waals surface area contributed by atoms with E-state index in [0.29, 0.717) is 24.8 Å². The van der Waals surface area contributed by atoms with Gasteiger partial charge in [0.1, 0.15) is 18.5 Å². The molecule has 0 aromatic heterocycles. The minimum Gasteiger partial charge on any atom is -0.491 e. The van der Waals surface area contributed by atoms with Crippen molar-refractivity contribution in [2.24, 2.45) is 5.92 Å². The molecule has 1 rings (SSSR count). The smallest absolute Gasteiger partial charge is 0.119 e. The van der Waals surface area contributed by atoms with Gasteiger partial charge >= 0.3 is 0 Å². The number of nitrogen functional groups attached to an aromatic ring is 1. The van der Waals surface area contributed by atoms with Crippen molar-refractivity contribution in [2.45, 2.75) is 20.0 Å². The maximum Gasteiger partial charge on any atom is 0.119 e. The zero-order valence-electron chi connectivity index (χ0n) is 13.3. The van der Waals surface area contributed by atoms with Gasteiger partial charge in [0, 0.05) is 32.4 Å². The normalized spacial score (nSPS) is 12.9. The number of methoxy groups -OCH3 is 1. The Hall–Kier alpha value is -1.30. The summed E-state index contributed by atoms with van der Waals surface area (Å²) in [6.45, 7) is 7.59. The van der Waals surface area contributed by atoms with Crippen LogP contribution in [0.25, 0.3) is 0 Å². The van der Waals surface area contributed by atoms with E-state index in [-0.39, 0.29) is 6.61 Å². The number of nitrogens with zero attached hydrogens (tertiary/aromatic N) is 1. The Kier molecular flexibility index (Phi) is 8.12. The molecular weight excluding hydrogens is 268 g/mol. The number of aliphatic hydroxyl groups excluding tert-OH is 1. The average Bonchev–Trinajstić information content (AvgIpc) is 2.43. The fraction of sp³-hybridized carbons (Fsp3) is 0.625. The summed E-state index contributed by atoms with van der Waals surface area (Å²) in [5.74, 6) is 1.27. The lowest BCUT2D eigenvalue weighted by atomic mass is 10.2. The Morgan fingerprint density at radius 2 is 1.86 bits per heavy atom. The molecule has 120 valence electrons. The summed E-state index contributed by atoms with van der Waals surface area (Å²) in [6.07, 6.45) is -0.529. The first kappa shape index (κ1) is 17.8. The number of aliphatic hydroxyl groups is 1. The van der Waals surface area contributed by atoms with E-state index < -0.39 is 6.10 Å². The third-order valence-electron chi connectivity index (χ3n) is 3.03. The van der Waals surface area contributed by atoms with E-state index in [1.165, 1.54) is 0 Å². The standard InChI is InChI=1S/C16H28N2O3/c1-13(2)10-18(8-9-20-3)11-15(19)12-21-16-6-4-14(17)5-7-16/h4-7,13,15,19H,8-12,17H2,1-3H3. The van der Waals surface area contributed by atoms with E-state index in [1.807, 2.05) is 0 Å². The lowest BCUT2D eigenvalue weighted by molar-refractivity contribution is 0.0529. The molecule has 0 spiro atoms. The Labute approximate surface area is 127 Å². The summed E-state index contributed by atoms with van der Waals surface area (Å²) in [4.78, 5) is 2.20. The van der Waals surface area contributed by atoms with Crippen molar-refractivity contribution < 1.29 is 14.6 Å². The zero-order chi connectivity index (χ0) is 15.7. The highest BCUT2D eigenvalue weighted by Gasteiger charge is 2.13. The van der Waals surface area contributed by atoms with Gasteiger partial charge in [-0.2, -0.15) is 0 Å². The molecule has 0 saturated heterocycles. The third kappa shape index (κ3) is 7.90. The van der Waals surface area contributed by atoms with Crippen LogP contribution in [0, 0.1) is 5.92 Å². The van der Waals surface area contributed by atoms with Crippen LogP contribution in [0.2, 0.25) is 0 Å². The summed E-state index contributed by atoms with van der Waals surface area (Å²) in [5, 5.41) is 10.1. The molecule has 0 radical (unpaired) electrons. The van der Waals surface area contributed by atoms with Crippen LogP contribution >= 0.6 is 0 Å². The molecule has 0 bridgehead atoms. The second kappa shape index (κ2) is 9.60.